The van der Waals surface area contributed by atoms with Crippen LogP contribution in [0.2, 0.25) is 0 Å². The molecule has 0 atom stereocenters. The van der Waals surface area contributed by atoms with Crippen LogP contribution in [0.25, 0.3) is 0 Å². The van der Waals surface area contributed by atoms with E-state index >= 15 is 0 Å². The van der Waals surface area contributed by atoms with Gasteiger partial charge in [-0.25, -0.2) is 9.97 Å². The van der Waals surface area contributed by atoms with Crippen LogP contribution in [0.15, 0.2) is 24.5 Å². The van der Waals surface area contributed by atoms with Gasteiger partial charge in [0.1, 0.15) is 12.2 Å². The first kappa shape index (κ1) is 12.8. The van der Waals surface area contributed by atoms with Crippen molar-refractivity contribution in [2.24, 2.45) is 0 Å². The molecule has 5 heteroatoms. The van der Waals surface area contributed by atoms with Crippen LogP contribution in [0, 0.1) is 13.8 Å². The van der Waals surface area contributed by atoms with Gasteiger partial charge < -0.3 is 5.32 Å². The summed E-state index contributed by atoms with van der Waals surface area (Å²) in [6, 6.07) is 6.41. The summed E-state index contributed by atoms with van der Waals surface area (Å²) in [5, 5.41) is 3.21. The number of nitrogens with zero attached hydrogens (tertiary/aromatic N) is 3. The molecule has 0 saturated heterocycles. The lowest BCUT2D eigenvalue weighted by Crippen LogP contribution is -2.00. The zero-order valence-corrected chi connectivity index (χ0v) is 11.6. The van der Waals surface area contributed by atoms with Crippen molar-refractivity contribution < 1.29 is 0 Å². The van der Waals surface area contributed by atoms with E-state index in [0.717, 1.165) is 11.4 Å². The van der Waals surface area contributed by atoms with Crippen LogP contribution in [0.4, 0.5) is 11.6 Å². The molecule has 0 unspecified atom stereocenters. The molecular formula is C13H16N4S. The van der Waals surface area contributed by atoms with Gasteiger partial charge in [-0.15, -0.1) is 0 Å². The molecule has 1 heterocycles. The molecule has 2 rings (SSSR count). The maximum absolute atomic E-state index is 4.24. The Morgan fingerprint density at radius 2 is 2.00 bits per heavy atom. The van der Waals surface area contributed by atoms with Crippen LogP contribution in [-0.4, -0.2) is 21.2 Å². The highest BCUT2D eigenvalue weighted by atomic mass is 32.2. The Hall–Kier alpha value is -1.62. The quantitative estimate of drug-likeness (QED) is 0.915. The molecule has 94 valence electrons. The van der Waals surface area contributed by atoms with Gasteiger partial charge >= 0.3 is 0 Å². The normalized spacial score (nSPS) is 10.4. The molecule has 1 aromatic heterocycles. The van der Waals surface area contributed by atoms with Gasteiger partial charge in [-0.3, -0.25) is 0 Å². The molecular weight excluding hydrogens is 244 g/mol. The minimum Gasteiger partial charge on any atom is -0.324 e. The summed E-state index contributed by atoms with van der Waals surface area (Å²) in [7, 11) is 0. The summed E-state index contributed by atoms with van der Waals surface area (Å²) in [6.45, 7) is 3.94. The lowest BCUT2D eigenvalue weighted by atomic mass is 10.1. The Morgan fingerprint density at radius 3 is 2.72 bits per heavy atom. The molecule has 0 radical (unpaired) electrons. The number of thioether (sulfide) groups is 1. The minimum absolute atomic E-state index is 0.586. The molecule has 1 aromatic carbocycles. The van der Waals surface area contributed by atoms with Crippen molar-refractivity contribution >= 4 is 23.4 Å². The fourth-order valence-electron chi connectivity index (χ4n) is 1.75. The van der Waals surface area contributed by atoms with E-state index in [9.17, 15) is 0 Å². The topological polar surface area (TPSA) is 50.7 Å². The van der Waals surface area contributed by atoms with Crippen LogP contribution >= 0.6 is 11.8 Å². The van der Waals surface area contributed by atoms with Gasteiger partial charge in [0.25, 0.3) is 0 Å². The third kappa shape index (κ3) is 3.43. The Balaban J connectivity index is 2.23. The van der Waals surface area contributed by atoms with Crippen LogP contribution in [0.5, 0.6) is 0 Å². The predicted molar refractivity (Wildman–Crippen MR) is 76.2 cm³/mol. The molecule has 0 spiro atoms. The lowest BCUT2D eigenvalue weighted by Gasteiger charge is -2.08. The standard InChI is InChI=1S/C13H16N4S/c1-9-4-11(7-18-3)6-12(5-9)17-13-15-8-14-10(2)16-13/h4-6,8H,7H2,1-3H3,(H,14,15,16,17). The van der Waals surface area contributed by atoms with Gasteiger partial charge in [-0.1, -0.05) is 6.07 Å². The van der Waals surface area contributed by atoms with E-state index in [-0.39, 0.29) is 0 Å². The lowest BCUT2D eigenvalue weighted by molar-refractivity contribution is 0.981. The molecule has 0 fully saturated rings. The SMILES string of the molecule is CSCc1cc(C)cc(Nc2ncnc(C)n2)c1. The highest BCUT2D eigenvalue weighted by Crippen LogP contribution is 2.20. The van der Waals surface area contributed by atoms with Gasteiger partial charge in [0.2, 0.25) is 5.95 Å². The Morgan fingerprint density at radius 1 is 1.17 bits per heavy atom. The summed E-state index contributed by atoms with van der Waals surface area (Å²) >= 11 is 1.81. The number of aromatic nitrogens is 3. The average Bonchev–Trinajstić information content (AvgIpc) is 2.28. The van der Waals surface area contributed by atoms with E-state index in [4.69, 9.17) is 0 Å². The second-order valence-corrected chi connectivity index (χ2v) is 4.99. The minimum atomic E-state index is 0.586. The van der Waals surface area contributed by atoms with E-state index in [1.807, 2.05) is 18.7 Å². The number of benzene rings is 1. The van der Waals surface area contributed by atoms with E-state index in [2.05, 4.69) is 51.6 Å². The molecule has 0 aliphatic heterocycles. The number of hydrogen-bond donors (Lipinski definition) is 1. The van der Waals surface area contributed by atoms with E-state index in [1.165, 1.54) is 17.5 Å². The molecule has 0 amide bonds. The van der Waals surface area contributed by atoms with Gasteiger partial charge in [-0.2, -0.15) is 16.7 Å². The number of hydrogen-bond acceptors (Lipinski definition) is 5. The molecule has 0 bridgehead atoms. The zero-order valence-electron chi connectivity index (χ0n) is 10.8. The molecule has 4 nitrogen and oxygen atoms in total. The third-order valence-electron chi connectivity index (χ3n) is 2.40. The number of aryl methyl sites for hydroxylation is 2. The first-order chi connectivity index (χ1) is 8.67. The van der Waals surface area contributed by atoms with Crippen molar-refractivity contribution in [1.29, 1.82) is 0 Å². The maximum Gasteiger partial charge on any atom is 0.230 e. The zero-order chi connectivity index (χ0) is 13.0. The Labute approximate surface area is 111 Å². The van der Waals surface area contributed by atoms with E-state index in [1.54, 1.807) is 0 Å². The maximum atomic E-state index is 4.24. The smallest absolute Gasteiger partial charge is 0.230 e. The van der Waals surface area contributed by atoms with Crippen molar-refractivity contribution in [2.45, 2.75) is 19.6 Å². The van der Waals surface area contributed by atoms with Crippen LogP contribution in [0.1, 0.15) is 17.0 Å². The second kappa shape index (κ2) is 5.82. The molecule has 0 saturated carbocycles. The summed E-state index contributed by atoms with van der Waals surface area (Å²) in [6.07, 6.45) is 3.62. The van der Waals surface area contributed by atoms with Gasteiger partial charge in [0.15, 0.2) is 0 Å². The number of nitrogens with one attached hydrogen (secondary N) is 1. The third-order valence-corrected chi connectivity index (χ3v) is 3.02. The fraction of sp³-hybridized carbons (Fsp3) is 0.308. The summed E-state index contributed by atoms with van der Waals surface area (Å²) in [4.78, 5) is 12.3. The Bertz CT molecular complexity index is 542. The molecule has 0 aliphatic carbocycles. The molecule has 0 aliphatic rings. The number of anilines is 2. The second-order valence-electron chi connectivity index (χ2n) is 4.12. The van der Waals surface area contributed by atoms with Crippen molar-refractivity contribution in [1.82, 2.24) is 15.0 Å². The van der Waals surface area contributed by atoms with E-state index in [0.29, 0.717) is 11.8 Å². The first-order valence-corrected chi connectivity index (χ1v) is 7.09. The number of rotatable bonds is 4. The summed E-state index contributed by atoms with van der Waals surface area (Å²) < 4.78 is 0. The van der Waals surface area contributed by atoms with Crippen molar-refractivity contribution in [2.75, 3.05) is 11.6 Å². The highest BCUT2D eigenvalue weighted by molar-refractivity contribution is 7.97. The average molecular weight is 260 g/mol. The molecule has 2 aromatic rings. The summed E-state index contributed by atoms with van der Waals surface area (Å²) in [5.41, 5.74) is 3.55. The van der Waals surface area contributed by atoms with Crippen molar-refractivity contribution in [3.8, 4) is 0 Å². The van der Waals surface area contributed by atoms with Crippen molar-refractivity contribution in [3.63, 3.8) is 0 Å². The largest absolute Gasteiger partial charge is 0.324 e. The van der Waals surface area contributed by atoms with Crippen LogP contribution in [-0.2, 0) is 5.75 Å². The molecule has 18 heavy (non-hydrogen) atoms. The monoisotopic (exact) mass is 260 g/mol. The highest BCUT2D eigenvalue weighted by Gasteiger charge is 2.01. The van der Waals surface area contributed by atoms with Crippen molar-refractivity contribution in [3.05, 3.63) is 41.5 Å². The van der Waals surface area contributed by atoms with Crippen LogP contribution in [0.3, 0.4) is 0 Å². The molecule has 1 N–H and O–H groups in total. The predicted octanol–water partition coefficient (Wildman–Crippen LogP) is 3.10. The van der Waals surface area contributed by atoms with Crippen LogP contribution < -0.4 is 5.32 Å². The summed E-state index contributed by atoms with van der Waals surface area (Å²) in [5.74, 6) is 2.31. The fourth-order valence-corrected chi connectivity index (χ4v) is 2.25. The van der Waals surface area contributed by atoms with Gasteiger partial charge in [0, 0.05) is 11.4 Å². The van der Waals surface area contributed by atoms with E-state index < -0.39 is 0 Å². The van der Waals surface area contributed by atoms with Gasteiger partial charge in [-0.05, 0) is 43.4 Å². The van der Waals surface area contributed by atoms with Gasteiger partial charge in [0.05, 0.1) is 0 Å². The Kier molecular flexibility index (Phi) is 4.15. The first-order valence-electron chi connectivity index (χ1n) is 5.69.